The van der Waals surface area contributed by atoms with Gasteiger partial charge in [0.25, 0.3) is 0 Å². The number of aryl methyl sites for hydroxylation is 1. The Morgan fingerprint density at radius 1 is 1.31 bits per heavy atom. The molecule has 0 radical (unpaired) electrons. The topological polar surface area (TPSA) is 43.7 Å². The highest BCUT2D eigenvalue weighted by atomic mass is 16.3. The van der Waals surface area contributed by atoms with Crippen LogP contribution in [0.3, 0.4) is 0 Å². The number of likely N-dealkylation sites (N-methyl/N-ethyl adjacent to an activating group) is 1. The highest BCUT2D eigenvalue weighted by Gasteiger charge is 2.08. The molecule has 2 N–H and O–H groups in total. The zero-order chi connectivity index (χ0) is 12.0. The first-order chi connectivity index (χ1) is 7.63. The Kier molecular flexibility index (Phi) is 5.46. The Hall–Kier alpha value is -0.900. The van der Waals surface area contributed by atoms with E-state index in [9.17, 15) is 5.11 Å². The van der Waals surface area contributed by atoms with Crippen molar-refractivity contribution in [2.24, 2.45) is 0 Å². The number of aliphatic hydroxyl groups excluding tert-OH is 2. The van der Waals surface area contributed by atoms with Crippen LogP contribution < -0.4 is 0 Å². The third-order valence-corrected chi connectivity index (χ3v) is 2.69. The molecule has 3 heteroatoms. The Morgan fingerprint density at radius 3 is 2.69 bits per heavy atom. The first-order valence-electron chi connectivity index (χ1n) is 5.67. The van der Waals surface area contributed by atoms with E-state index in [1.54, 1.807) is 0 Å². The summed E-state index contributed by atoms with van der Waals surface area (Å²) >= 11 is 0. The second-order valence-corrected chi connectivity index (χ2v) is 4.25. The maximum atomic E-state index is 9.97. The van der Waals surface area contributed by atoms with Crippen LogP contribution in [-0.2, 0) is 0 Å². The number of nitrogens with zero attached hydrogens (tertiary/aromatic N) is 1. The lowest BCUT2D eigenvalue weighted by atomic mass is 10.0. The van der Waals surface area contributed by atoms with Gasteiger partial charge in [-0.2, -0.15) is 0 Å². The van der Waals surface area contributed by atoms with Crippen molar-refractivity contribution >= 4 is 0 Å². The van der Waals surface area contributed by atoms with Gasteiger partial charge in [0.05, 0.1) is 12.7 Å². The predicted molar refractivity (Wildman–Crippen MR) is 65.3 cm³/mol. The summed E-state index contributed by atoms with van der Waals surface area (Å²) in [5, 5.41) is 18.7. The third kappa shape index (κ3) is 4.31. The average molecular weight is 223 g/mol. The summed E-state index contributed by atoms with van der Waals surface area (Å²) in [6.45, 7) is 3.63. The van der Waals surface area contributed by atoms with Gasteiger partial charge in [-0.15, -0.1) is 0 Å². The fraction of sp³-hybridized carbons (Fsp3) is 0.538. The lowest BCUT2D eigenvalue weighted by Crippen LogP contribution is -2.24. The average Bonchev–Trinajstić information content (AvgIpc) is 2.26. The number of aliphatic hydroxyl groups is 2. The van der Waals surface area contributed by atoms with Gasteiger partial charge in [-0.3, -0.25) is 0 Å². The van der Waals surface area contributed by atoms with Gasteiger partial charge in [0.1, 0.15) is 0 Å². The van der Waals surface area contributed by atoms with Crippen LogP contribution in [0.25, 0.3) is 0 Å². The van der Waals surface area contributed by atoms with E-state index in [1.807, 2.05) is 43.1 Å². The minimum atomic E-state index is -0.416. The minimum absolute atomic E-state index is 0.164. The van der Waals surface area contributed by atoms with Gasteiger partial charge in [0.2, 0.25) is 0 Å². The fourth-order valence-electron chi connectivity index (χ4n) is 1.67. The van der Waals surface area contributed by atoms with Crippen LogP contribution in [-0.4, -0.2) is 41.9 Å². The van der Waals surface area contributed by atoms with Crippen LogP contribution in [0, 0.1) is 6.92 Å². The minimum Gasteiger partial charge on any atom is -0.395 e. The van der Waals surface area contributed by atoms with Gasteiger partial charge in [0, 0.05) is 13.1 Å². The summed E-state index contributed by atoms with van der Waals surface area (Å²) in [5.74, 6) is 0. The monoisotopic (exact) mass is 223 g/mol. The van der Waals surface area contributed by atoms with Crippen LogP contribution in [0.15, 0.2) is 24.3 Å². The molecule has 1 rings (SSSR count). The van der Waals surface area contributed by atoms with Crippen molar-refractivity contribution in [3.8, 4) is 0 Å². The van der Waals surface area contributed by atoms with Crippen molar-refractivity contribution in [2.75, 3.05) is 26.7 Å². The van der Waals surface area contributed by atoms with E-state index in [0.717, 1.165) is 12.1 Å². The van der Waals surface area contributed by atoms with Gasteiger partial charge in [-0.1, -0.05) is 29.8 Å². The molecule has 0 aliphatic rings. The van der Waals surface area contributed by atoms with E-state index in [4.69, 9.17) is 5.11 Å². The molecule has 0 bridgehead atoms. The smallest absolute Gasteiger partial charge is 0.0802 e. The molecule has 90 valence electrons. The first-order valence-corrected chi connectivity index (χ1v) is 5.67. The van der Waals surface area contributed by atoms with Crippen LogP contribution in [0.1, 0.15) is 23.7 Å². The Labute approximate surface area is 97.3 Å². The summed E-state index contributed by atoms with van der Waals surface area (Å²) in [4.78, 5) is 2.01. The van der Waals surface area contributed by atoms with Gasteiger partial charge >= 0.3 is 0 Å². The molecule has 0 aliphatic carbocycles. The lowest BCUT2D eigenvalue weighted by Gasteiger charge is -2.18. The Bertz CT molecular complexity index is 315. The molecular formula is C13H21NO2. The van der Waals surface area contributed by atoms with E-state index in [-0.39, 0.29) is 6.61 Å². The van der Waals surface area contributed by atoms with E-state index >= 15 is 0 Å². The highest BCUT2D eigenvalue weighted by molar-refractivity contribution is 5.23. The maximum Gasteiger partial charge on any atom is 0.0802 e. The van der Waals surface area contributed by atoms with Gasteiger partial charge in [-0.25, -0.2) is 0 Å². The van der Waals surface area contributed by atoms with E-state index < -0.39 is 6.10 Å². The first kappa shape index (κ1) is 13.2. The van der Waals surface area contributed by atoms with Gasteiger partial charge in [-0.05, 0) is 26.0 Å². The van der Waals surface area contributed by atoms with Crippen molar-refractivity contribution in [1.29, 1.82) is 0 Å². The van der Waals surface area contributed by atoms with Crippen molar-refractivity contribution in [3.05, 3.63) is 35.4 Å². The standard InChI is InChI=1S/C13H21NO2/c1-11-4-3-5-12(10-11)13(16)6-7-14(2)8-9-15/h3-5,10,13,15-16H,6-9H2,1-2H3. The zero-order valence-electron chi connectivity index (χ0n) is 10.1. The predicted octanol–water partition coefficient (Wildman–Crippen LogP) is 1.34. The van der Waals surface area contributed by atoms with Crippen LogP contribution >= 0.6 is 0 Å². The molecule has 1 atom stereocenters. The third-order valence-electron chi connectivity index (χ3n) is 2.69. The fourth-order valence-corrected chi connectivity index (χ4v) is 1.67. The summed E-state index contributed by atoms with van der Waals surface area (Å²) < 4.78 is 0. The van der Waals surface area contributed by atoms with Gasteiger partial charge in [0.15, 0.2) is 0 Å². The number of benzene rings is 1. The summed E-state index contributed by atoms with van der Waals surface area (Å²) in [6, 6.07) is 7.94. The second kappa shape index (κ2) is 6.63. The molecule has 0 aromatic heterocycles. The molecule has 1 unspecified atom stereocenters. The number of rotatable bonds is 6. The van der Waals surface area contributed by atoms with Crippen molar-refractivity contribution in [1.82, 2.24) is 4.90 Å². The van der Waals surface area contributed by atoms with Crippen molar-refractivity contribution in [3.63, 3.8) is 0 Å². The normalized spacial score (nSPS) is 13.1. The van der Waals surface area contributed by atoms with E-state index in [2.05, 4.69) is 0 Å². The van der Waals surface area contributed by atoms with Crippen molar-refractivity contribution < 1.29 is 10.2 Å². The SMILES string of the molecule is Cc1cccc(C(O)CCN(C)CCO)c1. The molecule has 16 heavy (non-hydrogen) atoms. The molecule has 0 saturated carbocycles. The summed E-state index contributed by atoms with van der Waals surface area (Å²) in [5.41, 5.74) is 2.14. The number of hydrogen-bond donors (Lipinski definition) is 2. The summed E-state index contributed by atoms with van der Waals surface area (Å²) in [6.07, 6.45) is 0.279. The largest absolute Gasteiger partial charge is 0.395 e. The molecule has 0 spiro atoms. The Morgan fingerprint density at radius 2 is 2.06 bits per heavy atom. The van der Waals surface area contributed by atoms with E-state index in [1.165, 1.54) is 5.56 Å². The summed E-state index contributed by atoms with van der Waals surface area (Å²) in [7, 11) is 1.94. The van der Waals surface area contributed by atoms with E-state index in [0.29, 0.717) is 13.0 Å². The van der Waals surface area contributed by atoms with Crippen LogP contribution in [0.2, 0.25) is 0 Å². The zero-order valence-corrected chi connectivity index (χ0v) is 10.1. The number of hydrogen-bond acceptors (Lipinski definition) is 3. The molecule has 1 aromatic rings. The lowest BCUT2D eigenvalue weighted by molar-refractivity contribution is 0.141. The quantitative estimate of drug-likeness (QED) is 0.765. The molecule has 3 nitrogen and oxygen atoms in total. The molecule has 0 saturated heterocycles. The molecule has 0 aliphatic heterocycles. The highest BCUT2D eigenvalue weighted by Crippen LogP contribution is 2.17. The molecule has 0 amide bonds. The van der Waals surface area contributed by atoms with Crippen LogP contribution in [0.4, 0.5) is 0 Å². The molecule has 1 aromatic carbocycles. The second-order valence-electron chi connectivity index (χ2n) is 4.25. The van der Waals surface area contributed by atoms with Crippen molar-refractivity contribution in [2.45, 2.75) is 19.4 Å². The molecule has 0 fully saturated rings. The molecular weight excluding hydrogens is 202 g/mol. The Balaban J connectivity index is 2.43. The maximum absolute atomic E-state index is 9.97. The molecule has 0 heterocycles. The van der Waals surface area contributed by atoms with Gasteiger partial charge < -0.3 is 15.1 Å². The van der Waals surface area contributed by atoms with Crippen LogP contribution in [0.5, 0.6) is 0 Å².